The second-order valence-corrected chi connectivity index (χ2v) is 4.14. The van der Waals surface area contributed by atoms with E-state index in [2.05, 4.69) is 5.32 Å². The van der Waals surface area contributed by atoms with Crippen LogP contribution < -0.4 is 5.32 Å². The summed E-state index contributed by atoms with van der Waals surface area (Å²) >= 11 is 0. The van der Waals surface area contributed by atoms with E-state index in [4.69, 9.17) is 9.52 Å². The topological polar surface area (TPSA) is 79.5 Å². The summed E-state index contributed by atoms with van der Waals surface area (Å²) in [6, 6.07) is 8.02. The van der Waals surface area contributed by atoms with Gasteiger partial charge >= 0.3 is 5.97 Å². The molecule has 0 unspecified atom stereocenters. The quantitative estimate of drug-likeness (QED) is 0.883. The Balaban J connectivity index is 2.11. The number of anilines is 1. The normalized spacial score (nSPS) is 10.2. The van der Waals surface area contributed by atoms with Gasteiger partial charge in [-0.3, -0.25) is 4.79 Å². The number of furan rings is 1. The molecule has 0 saturated carbocycles. The van der Waals surface area contributed by atoms with E-state index in [0.717, 1.165) is 5.56 Å². The SMILES string of the molecule is Cc1ccc(C(=O)O)cc1NC(=O)Cc1ccco1. The van der Waals surface area contributed by atoms with Gasteiger partial charge in [0.25, 0.3) is 0 Å². The Hall–Kier alpha value is -2.56. The highest BCUT2D eigenvalue weighted by atomic mass is 16.4. The fourth-order valence-corrected chi connectivity index (χ4v) is 1.66. The first kappa shape index (κ1) is 12.9. The molecule has 5 nitrogen and oxygen atoms in total. The van der Waals surface area contributed by atoms with Gasteiger partial charge in [0.15, 0.2) is 0 Å². The van der Waals surface area contributed by atoms with Crippen molar-refractivity contribution in [3.8, 4) is 0 Å². The van der Waals surface area contributed by atoms with Gasteiger partial charge in [-0.25, -0.2) is 4.79 Å². The average Bonchev–Trinajstić information content (AvgIpc) is 2.84. The molecule has 1 aromatic heterocycles. The molecule has 98 valence electrons. The number of amides is 1. The van der Waals surface area contributed by atoms with Crippen molar-refractivity contribution in [2.45, 2.75) is 13.3 Å². The average molecular weight is 259 g/mol. The zero-order valence-electron chi connectivity index (χ0n) is 10.3. The molecule has 2 aromatic rings. The summed E-state index contributed by atoms with van der Waals surface area (Å²) in [5, 5.41) is 11.6. The number of carboxylic acids is 1. The van der Waals surface area contributed by atoms with Crippen LogP contribution in [0.15, 0.2) is 41.0 Å². The summed E-state index contributed by atoms with van der Waals surface area (Å²) in [5.41, 5.74) is 1.44. The van der Waals surface area contributed by atoms with Crippen LogP contribution in [-0.2, 0) is 11.2 Å². The molecule has 0 fully saturated rings. The second kappa shape index (κ2) is 5.39. The maximum Gasteiger partial charge on any atom is 0.335 e. The first-order valence-corrected chi connectivity index (χ1v) is 5.72. The van der Waals surface area contributed by atoms with E-state index < -0.39 is 5.97 Å². The minimum atomic E-state index is -1.03. The molecule has 19 heavy (non-hydrogen) atoms. The molecule has 0 radical (unpaired) electrons. The zero-order chi connectivity index (χ0) is 13.8. The molecule has 0 aliphatic rings. The molecule has 0 aliphatic heterocycles. The van der Waals surface area contributed by atoms with Crippen LogP contribution in [-0.4, -0.2) is 17.0 Å². The Kier molecular flexibility index (Phi) is 3.66. The molecule has 0 spiro atoms. The lowest BCUT2D eigenvalue weighted by atomic mass is 10.1. The van der Waals surface area contributed by atoms with Crippen LogP contribution in [0.25, 0.3) is 0 Å². The van der Waals surface area contributed by atoms with Crippen LogP contribution in [0.2, 0.25) is 0 Å². The van der Waals surface area contributed by atoms with Crippen LogP contribution >= 0.6 is 0 Å². The third-order valence-corrected chi connectivity index (χ3v) is 2.67. The summed E-state index contributed by atoms with van der Waals surface area (Å²) in [6.07, 6.45) is 1.61. The van der Waals surface area contributed by atoms with Crippen LogP contribution in [0, 0.1) is 6.92 Å². The molecule has 1 amide bonds. The Morgan fingerprint density at radius 3 is 2.74 bits per heavy atom. The van der Waals surface area contributed by atoms with Crippen LogP contribution in [0.5, 0.6) is 0 Å². The van der Waals surface area contributed by atoms with Crippen molar-refractivity contribution >= 4 is 17.6 Å². The molecule has 0 atom stereocenters. The van der Waals surface area contributed by atoms with Crippen molar-refractivity contribution in [2.24, 2.45) is 0 Å². The lowest BCUT2D eigenvalue weighted by molar-refractivity contribution is -0.115. The molecule has 0 saturated heterocycles. The number of carbonyl (C=O) groups excluding carboxylic acids is 1. The summed E-state index contributed by atoms with van der Waals surface area (Å²) in [5.74, 6) is -0.716. The fraction of sp³-hybridized carbons (Fsp3) is 0.143. The van der Waals surface area contributed by atoms with Crippen molar-refractivity contribution in [3.63, 3.8) is 0 Å². The van der Waals surface area contributed by atoms with Crippen molar-refractivity contribution < 1.29 is 19.1 Å². The van der Waals surface area contributed by atoms with E-state index in [-0.39, 0.29) is 17.9 Å². The highest BCUT2D eigenvalue weighted by molar-refractivity contribution is 5.95. The molecule has 2 N–H and O–H groups in total. The maximum absolute atomic E-state index is 11.8. The van der Waals surface area contributed by atoms with Gasteiger partial charge in [0.1, 0.15) is 5.76 Å². The third kappa shape index (κ3) is 3.22. The van der Waals surface area contributed by atoms with Gasteiger partial charge in [-0.15, -0.1) is 0 Å². The van der Waals surface area contributed by atoms with Gasteiger partial charge in [-0.05, 0) is 36.8 Å². The number of aryl methyl sites for hydroxylation is 1. The minimum Gasteiger partial charge on any atom is -0.478 e. The smallest absolute Gasteiger partial charge is 0.335 e. The summed E-state index contributed by atoms with van der Waals surface area (Å²) < 4.78 is 5.08. The predicted molar refractivity (Wildman–Crippen MR) is 69.2 cm³/mol. The molecule has 0 bridgehead atoms. The monoisotopic (exact) mass is 259 g/mol. The number of aromatic carboxylic acids is 1. The summed E-state index contributed by atoms with van der Waals surface area (Å²) in [6.45, 7) is 1.80. The Labute approximate surface area is 109 Å². The molecule has 0 aliphatic carbocycles. The number of rotatable bonds is 4. The van der Waals surface area contributed by atoms with Crippen LogP contribution in [0.4, 0.5) is 5.69 Å². The largest absolute Gasteiger partial charge is 0.478 e. The van der Waals surface area contributed by atoms with Gasteiger partial charge in [-0.1, -0.05) is 6.07 Å². The van der Waals surface area contributed by atoms with Gasteiger partial charge in [0.2, 0.25) is 5.91 Å². The van der Waals surface area contributed by atoms with Crippen LogP contribution in [0.1, 0.15) is 21.7 Å². The number of carboxylic acid groups (broad SMARTS) is 1. The van der Waals surface area contributed by atoms with E-state index in [0.29, 0.717) is 11.4 Å². The van der Waals surface area contributed by atoms with E-state index in [9.17, 15) is 9.59 Å². The zero-order valence-corrected chi connectivity index (χ0v) is 10.3. The van der Waals surface area contributed by atoms with Crippen molar-refractivity contribution in [1.82, 2.24) is 0 Å². The highest BCUT2D eigenvalue weighted by Gasteiger charge is 2.10. The Bertz CT molecular complexity index is 602. The molecular weight excluding hydrogens is 246 g/mol. The fourth-order valence-electron chi connectivity index (χ4n) is 1.66. The molecular formula is C14H13NO4. The van der Waals surface area contributed by atoms with Crippen molar-refractivity contribution in [2.75, 3.05) is 5.32 Å². The summed E-state index contributed by atoms with van der Waals surface area (Å²) in [4.78, 5) is 22.7. The highest BCUT2D eigenvalue weighted by Crippen LogP contribution is 2.17. The number of nitrogens with one attached hydrogen (secondary N) is 1. The number of carbonyl (C=O) groups is 2. The van der Waals surface area contributed by atoms with Crippen molar-refractivity contribution in [1.29, 1.82) is 0 Å². The molecule has 1 heterocycles. The Morgan fingerprint density at radius 2 is 2.11 bits per heavy atom. The van der Waals surface area contributed by atoms with Crippen LogP contribution in [0.3, 0.4) is 0 Å². The lowest BCUT2D eigenvalue weighted by Gasteiger charge is -2.08. The van der Waals surface area contributed by atoms with Crippen molar-refractivity contribution in [3.05, 3.63) is 53.5 Å². The molecule has 1 aromatic carbocycles. The first-order chi connectivity index (χ1) is 9.06. The van der Waals surface area contributed by atoms with Gasteiger partial charge in [-0.2, -0.15) is 0 Å². The first-order valence-electron chi connectivity index (χ1n) is 5.72. The minimum absolute atomic E-state index is 0.115. The number of hydrogen-bond donors (Lipinski definition) is 2. The van der Waals surface area contributed by atoms with E-state index >= 15 is 0 Å². The van der Waals surface area contributed by atoms with E-state index in [1.54, 1.807) is 25.1 Å². The standard InChI is InChI=1S/C14H13NO4/c1-9-4-5-10(14(17)18)7-12(9)15-13(16)8-11-3-2-6-19-11/h2-7H,8H2,1H3,(H,15,16)(H,17,18). The second-order valence-electron chi connectivity index (χ2n) is 4.14. The third-order valence-electron chi connectivity index (χ3n) is 2.67. The number of hydrogen-bond acceptors (Lipinski definition) is 3. The van der Waals surface area contributed by atoms with E-state index in [1.807, 2.05) is 0 Å². The van der Waals surface area contributed by atoms with Gasteiger partial charge < -0.3 is 14.8 Å². The molecule has 2 rings (SSSR count). The molecule has 5 heteroatoms. The number of benzene rings is 1. The maximum atomic E-state index is 11.8. The predicted octanol–water partition coefficient (Wildman–Crippen LogP) is 2.47. The van der Waals surface area contributed by atoms with Gasteiger partial charge in [0.05, 0.1) is 18.2 Å². The van der Waals surface area contributed by atoms with Gasteiger partial charge in [0, 0.05) is 5.69 Å². The summed E-state index contributed by atoms with van der Waals surface area (Å²) in [7, 11) is 0. The van der Waals surface area contributed by atoms with E-state index in [1.165, 1.54) is 18.4 Å². The Morgan fingerprint density at radius 1 is 1.32 bits per heavy atom. The lowest BCUT2D eigenvalue weighted by Crippen LogP contribution is -2.15.